The van der Waals surface area contributed by atoms with E-state index >= 15 is 0 Å². The number of anilines is 1. The van der Waals surface area contributed by atoms with E-state index in [1.54, 1.807) is 6.20 Å². The maximum Gasteiger partial charge on any atom is 0.119 e. The molecule has 0 fully saturated rings. The van der Waals surface area contributed by atoms with Gasteiger partial charge in [0.15, 0.2) is 0 Å². The zero-order valence-corrected chi connectivity index (χ0v) is 10.3. The number of halogens is 1. The second-order valence-corrected chi connectivity index (χ2v) is 4.13. The Labute approximate surface area is 105 Å². The van der Waals surface area contributed by atoms with E-state index in [4.69, 9.17) is 22.1 Å². The van der Waals surface area contributed by atoms with Gasteiger partial charge in [-0.15, -0.1) is 0 Å². The zero-order chi connectivity index (χ0) is 12.3. The molecule has 1 heterocycles. The van der Waals surface area contributed by atoms with Crippen molar-refractivity contribution in [1.82, 2.24) is 9.78 Å². The summed E-state index contributed by atoms with van der Waals surface area (Å²) in [6.45, 7) is 3.14. The molecule has 90 valence electrons. The maximum atomic E-state index is 5.90. The van der Waals surface area contributed by atoms with E-state index < -0.39 is 0 Å². The Hall–Kier alpha value is -1.68. The van der Waals surface area contributed by atoms with Crippen molar-refractivity contribution < 1.29 is 4.74 Å². The van der Waals surface area contributed by atoms with E-state index in [1.807, 2.05) is 35.9 Å². The third kappa shape index (κ3) is 2.91. The number of nitrogens with two attached hydrogens (primary N) is 1. The molecule has 4 nitrogen and oxygen atoms in total. The van der Waals surface area contributed by atoms with Gasteiger partial charge in [-0.2, -0.15) is 5.10 Å². The number of hydrogen-bond donors (Lipinski definition) is 1. The summed E-state index contributed by atoms with van der Waals surface area (Å²) in [6.07, 6.45) is 1.64. The predicted molar refractivity (Wildman–Crippen MR) is 68.3 cm³/mol. The van der Waals surface area contributed by atoms with Gasteiger partial charge in [-0.05, 0) is 31.2 Å². The molecular weight excluding hydrogens is 238 g/mol. The van der Waals surface area contributed by atoms with Gasteiger partial charge in [0.1, 0.15) is 12.4 Å². The van der Waals surface area contributed by atoms with Crippen LogP contribution in [0.4, 0.5) is 5.69 Å². The Morgan fingerprint density at radius 1 is 1.35 bits per heavy atom. The minimum Gasteiger partial charge on any atom is -0.492 e. The molecule has 1 aromatic heterocycles. The lowest BCUT2D eigenvalue weighted by molar-refractivity contribution is 0.290. The van der Waals surface area contributed by atoms with Gasteiger partial charge in [-0.25, -0.2) is 0 Å². The van der Waals surface area contributed by atoms with Crippen LogP contribution in [-0.4, -0.2) is 16.4 Å². The molecule has 0 aliphatic heterocycles. The number of rotatable bonds is 4. The van der Waals surface area contributed by atoms with Crippen molar-refractivity contribution in [1.29, 1.82) is 0 Å². The van der Waals surface area contributed by atoms with Crippen molar-refractivity contribution in [3.63, 3.8) is 0 Å². The molecule has 0 bridgehead atoms. The number of ether oxygens (including phenoxy) is 1. The van der Waals surface area contributed by atoms with Crippen molar-refractivity contribution in [2.75, 3.05) is 12.3 Å². The van der Waals surface area contributed by atoms with Gasteiger partial charge in [-0.3, -0.25) is 4.68 Å². The van der Waals surface area contributed by atoms with Crippen LogP contribution in [0.2, 0.25) is 5.02 Å². The van der Waals surface area contributed by atoms with Crippen LogP contribution in [0, 0.1) is 6.92 Å². The first-order valence-electron chi connectivity index (χ1n) is 5.33. The molecule has 5 heteroatoms. The number of nitrogen functional groups attached to an aromatic ring is 1. The summed E-state index contributed by atoms with van der Waals surface area (Å²) in [5.41, 5.74) is 7.26. The topological polar surface area (TPSA) is 53.1 Å². The summed E-state index contributed by atoms with van der Waals surface area (Å²) in [4.78, 5) is 0. The highest BCUT2D eigenvalue weighted by Crippen LogP contribution is 2.15. The normalized spacial score (nSPS) is 10.5. The molecule has 0 atom stereocenters. The highest BCUT2D eigenvalue weighted by Gasteiger charge is 2.03. The molecule has 2 N–H and O–H groups in total. The molecule has 1 aromatic carbocycles. The lowest BCUT2D eigenvalue weighted by Crippen LogP contribution is -2.10. The lowest BCUT2D eigenvalue weighted by Gasteiger charge is -2.07. The minimum absolute atomic E-state index is 0.544. The largest absolute Gasteiger partial charge is 0.492 e. The minimum atomic E-state index is 0.544. The fourth-order valence-electron chi connectivity index (χ4n) is 1.46. The fraction of sp³-hybridized carbons (Fsp3) is 0.250. The highest BCUT2D eigenvalue weighted by molar-refractivity contribution is 6.31. The van der Waals surface area contributed by atoms with Crippen LogP contribution >= 0.6 is 11.6 Å². The Morgan fingerprint density at radius 3 is 2.65 bits per heavy atom. The zero-order valence-electron chi connectivity index (χ0n) is 9.56. The maximum absolute atomic E-state index is 5.90. The van der Waals surface area contributed by atoms with Crippen LogP contribution in [0.25, 0.3) is 0 Å². The van der Waals surface area contributed by atoms with E-state index in [0.29, 0.717) is 18.2 Å². The Kier molecular flexibility index (Phi) is 3.54. The molecule has 2 aromatic rings. The first-order chi connectivity index (χ1) is 8.16. The first-order valence-corrected chi connectivity index (χ1v) is 5.71. The van der Waals surface area contributed by atoms with Crippen LogP contribution in [0.15, 0.2) is 30.5 Å². The van der Waals surface area contributed by atoms with E-state index in [0.717, 1.165) is 17.1 Å². The molecule has 0 radical (unpaired) electrons. The molecule has 2 rings (SSSR count). The summed E-state index contributed by atoms with van der Waals surface area (Å²) in [7, 11) is 0. The molecular formula is C12H14ClN3O. The van der Waals surface area contributed by atoms with Gasteiger partial charge in [-0.1, -0.05) is 11.6 Å². The van der Waals surface area contributed by atoms with E-state index in [2.05, 4.69) is 5.10 Å². The average Bonchev–Trinajstić information content (AvgIpc) is 2.64. The second-order valence-electron chi connectivity index (χ2n) is 3.72. The van der Waals surface area contributed by atoms with Gasteiger partial charge < -0.3 is 10.5 Å². The third-order valence-electron chi connectivity index (χ3n) is 2.50. The highest BCUT2D eigenvalue weighted by atomic mass is 35.5. The Bertz CT molecular complexity index is 493. The summed E-state index contributed by atoms with van der Waals surface area (Å²) in [6, 6.07) is 7.31. The van der Waals surface area contributed by atoms with Crippen LogP contribution in [0.3, 0.4) is 0 Å². The van der Waals surface area contributed by atoms with E-state index in [-0.39, 0.29) is 0 Å². The van der Waals surface area contributed by atoms with Gasteiger partial charge in [0.25, 0.3) is 0 Å². The molecule has 0 aliphatic carbocycles. The smallest absolute Gasteiger partial charge is 0.119 e. The van der Waals surface area contributed by atoms with Crippen LogP contribution < -0.4 is 10.5 Å². The first kappa shape index (κ1) is 11.8. The number of benzene rings is 1. The van der Waals surface area contributed by atoms with Gasteiger partial charge >= 0.3 is 0 Å². The van der Waals surface area contributed by atoms with Gasteiger partial charge in [0.05, 0.1) is 23.5 Å². The summed E-state index contributed by atoms with van der Waals surface area (Å²) in [5.74, 6) is 0.801. The SMILES string of the molecule is Cc1c(Cl)cnn1CCOc1ccc(N)cc1. The van der Waals surface area contributed by atoms with Crippen LogP contribution in [0.5, 0.6) is 5.75 Å². The summed E-state index contributed by atoms with van der Waals surface area (Å²) in [5, 5.41) is 4.82. The molecule has 0 saturated heterocycles. The quantitative estimate of drug-likeness (QED) is 0.850. The molecule has 0 unspecified atom stereocenters. The van der Waals surface area contributed by atoms with Crippen molar-refractivity contribution in [2.24, 2.45) is 0 Å². The number of hydrogen-bond acceptors (Lipinski definition) is 3. The van der Waals surface area contributed by atoms with Crippen molar-refractivity contribution in [3.05, 3.63) is 41.2 Å². The standard InChI is InChI=1S/C12H14ClN3O/c1-9-12(13)8-15-16(9)6-7-17-11-4-2-10(14)3-5-11/h2-5,8H,6-7,14H2,1H3. The van der Waals surface area contributed by atoms with E-state index in [1.165, 1.54) is 0 Å². The number of aromatic nitrogens is 2. The molecule has 17 heavy (non-hydrogen) atoms. The average molecular weight is 252 g/mol. The fourth-order valence-corrected chi connectivity index (χ4v) is 1.60. The third-order valence-corrected chi connectivity index (χ3v) is 2.87. The molecule has 0 saturated carbocycles. The second kappa shape index (κ2) is 5.10. The van der Waals surface area contributed by atoms with Crippen molar-refractivity contribution >= 4 is 17.3 Å². The van der Waals surface area contributed by atoms with Gasteiger partial charge in [0.2, 0.25) is 0 Å². The van der Waals surface area contributed by atoms with Crippen LogP contribution in [-0.2, 0) is 6.54 Å². The molecule has 0 aliphatic rings. The lowest BCUT2D eigenvalue weighted by atomic mass is 10.3. The van der Waals surface area contributed by atoms with Crippen LogP contribution in [0.1, 0.15) is 5.69 Å². The Balaban J connectivity index is 1.87. The molecule has 0 spiro atoms. The van der Waals surface area contributed by atoms with E-state index in [9.17, 15) is 0 Å². The van der Waals surface area contributed by atoms with Gasteiger partial charge in [0, 0.05) is 5.69 Å². The summed E-state index contributed by atoms with van der Waals surface area (Å²) < 4.78 is 7.39. The predicted octanol–water partition coefficient (Wildman–Crippen LogP) is 2.51. The number of nitrogens with zero attached hydrogens (tertiary/aromatic N) is 2. The summed E-state index contributed by atoms with van der Waals surface area (Å²) >= 11 is 5.90. The molecule has 0 amide bonds. The Morgan fingerprint density at radius 2 is 2.06 bits per heavy atom. The van der Waals surface area contributed by atoms with Crippen molar-refractivity contribution in [3.8, 4) is 5.75 Å². The monoisotopic (exact) mass is 251 g/mol. The van der Waals surface area contributed by atoms with Crippen molar-refractivity contribution in [2.45, 2.75) is 13.5 Å².